The Morgan fingerprint density at radius 1 is 1.37 bits per heavy atom. The van der Waals surface area contributed by atoms with Crippen molar-refractivity contribution in [3.8, 4) is 0 Å². The summed E-state index contributed by atoms with van der Waals surface area (Å²) in [6, 6.07) is 7.46. The summed E-state index contributed by atoms with van der Waals surface area (Å²) in [5.41, 5.74) is 0.761. The van der Waals surface area contributed by atoms with E-state index in [1.165, 1.54) is 0 Å². The quantitative estimate of drug-likeness (QED) is 0.872. The van der Waals surface area contributed by atoms with Crippen LogP contribution in [0.2, 0.25) is 5.02 Å². The molecular formula is C14H19ClN2O2. The van der Waals surface area contributed by atoms with Crippen molar-refractivity contribution >= 4 is 23.2 Å². The van der Waals surface area contributed by atoms with Gasteiger partial charge in [-0.25, -0.2) is 0 Å². The molecule has 4 nitrogen and oxygen atoms in total. The molecule has 2 rings (SSSR count). The molecule has 2 atom stereocenters. The van der Waals surface area contributed by atoms with Gasteiger partial charge in [0.15, 0.2) is 0 Å². The Morgan fingerprint density at radius 2 is 2.11 bits per heavy atom. The van der Waals surface area contributed by atoms with Gasteiger partial charge in [-0.3, -0.25) is 4.79 Å². The number of nitrogens with one attached hydrogen (secondary N) is 2. The summed E-state index contributed by atoms with van der Waals surface area (Å²) >= 11 is 5.79. The molecule has 1 aromatic carbocycles. The molecule has 104 valence electrons. The Kier molecular flexibility index (Phi) is 5.19. The standard InChI is InChI=1S/C14H19ClN2O2/c1-19-13-7-6-12(8-13)16-9-14(18)17-11-4-2-10(15)3-5-11/h2-5,12-13,16H,6-9H2,1H3,(H,17,18). The highest BCUT2D eigenvalue weighted by molar-refractivity contribution is 6.30. The monoisotopic (exact) mass is 282 g/mol. The zero-order valence-electron chi connectivity index (χ0n) is 11.0. The molecule has 0 aliphatic heterocycles. The van der Waals surface area contributed by atoms with Crippen LogP contribution in [0.5, 0.6) is 0 Å². The first-order chi connectivity index (χ1) is 9.17. The average Bonchev–Trinajstić information content (AvgIpc) is 2.87. The molecule has 0 bridgehead atoms. The Balaban J connectivity index is 1.71. The van der Waals surface area contributed by atoms with Crippen LogP contribution in [0, 0.1) is 0 Å². The van der Waals surface area contributed by atoms with Crippen molar-refractivity contribution in [3.63, 3.8) is 0 Å². The van der Waals surface area contributed by atoms with Crippen LogP contribution < -0.4 is 10.6 Å². The number of hydrogen-bond donors (Lipinski definition) is 2. The molecule has 0 aromatic heterocycles. The van der Waals surface area contributed by atoms with Crippen molar-refractivity contribution in [2.45, 2.75) is 31.4 Å². The zero-order chi connectivity index (χ0) is 13.7. The number of hydrogen-bond acceptors (Lipinski definition) is 3. The second-order valence-corrected chi connectivity index (χ2v) is 5.24. The first-order valence-corrected chi connectivity index (χ1v) is 6.87. The van der Waals surface area contributed by atoms with Crippen LogP contribution in [0.4, 0.5) is 5.69 Å². The molecule has 1 aromatic rings. The van der Waals surface area contributed by atoms with Crippen molar-refractivity contribution in [2.24, 2.45) is 0 Å². The van der Waals surface area contributed by atoms with E-state index in [-0.39, 0.29) is 5.91 Å². The first-order valence-electron chi connectivity index (χ1n) is 6.49. The number of anilines is 1. The molecule has 0 heterocycles. The topological polar surface area (TPSA) is 50.4 Å². The van der Waals surface area contributed by atoms with Gasteiger partial charge in [-0.2, -0.15) is 0 Å². The molecule has 0 radical (unpaired) electrons. The van der Waals surface area contributed by atoms with Gasteiger partial charge in [-0.15, -0.1) is 0 Å². The second kappa shape index (κ2) is 6.89. The number of ether oxygens (including phenoxy) is 1. The zero-order valence-corrected chi connectivity index (χ0v) is 11.7. The third-order valence-electron chi connectivity index (χ3n) is 3.40. The minimum absolute atomic E-state index is 0.0387. The van der Waals surface area contributed by atoms with E-state index >= 15 is 0 Å². The molecule has 1 aliphatic carbocycles. The van der Waals surface area contributed by atoms with Gasteiger partial charge in [-0.05, 0) is 43.5 Å². The fourth-order valence-corrected chi connectivity index (χ4v) is 2.44. The fraction of sp³-hybridized carbons (Fsp3) is 0.500. The predicted molar refractivity (Wildman–Crippen MR) is 76.5 cm³/mol. The van der Waals surface area contributed by atoms with E-state index in [0.717, 1.165) is 24.9 Å². The fourth-order valence-electron chi connectivity index (χ4n) is 2.32. The van der Waals surface area contributed by atoms with E-state index in [0.29, 0.717) is 23.7 Å². The molecule has 2 N–H and O–H groups in total. The molecule has 1 saturated carbocycles. The molecule has 5 heteroatoms. The van der Waals surface area contributed by atoms with Crippen molar-refractivity contribution < 1.29 is 9.53 Å². The predicted octanol–water partition coefficient (Wildman–Crippen LogP) is 2.44. The maximum atomic E-state index is 11.8. The van der Waals surface area contributed by atoms with Gasteiger partial charge in [0.1, 0.15) is 0 Å². The van der Waals surface area contributed by atoms with E-state index < -0.39 is 0 Å². The van der Waals surface area contributed by atoms with Gasteiger partial charge >= 0.3 is 0 Å². The number of halogens is 1. The number of carbonyl (C=O) groups is 1. The average molecular weight is 283 g/mol. The van der Waals surface area contributed by atoms with Gasteiger partial charge in [0.25, 0.3) is 0 Å². The van der Waals surface area contributed by atoms with E-state index in [1.807, 2.05) is 0 Å². The smallest absolute Gasteiger partial charge is 0.238 e. The van der Waals surface area contributed by atoms with Crippen LogP contribution in [0.1, 0.15) is 19.3 Å². The summed E-state index contributed by atoms with van der Waals surface area (Å²) in [5.74, 6) is -0.0387. The van der Waals surface area contributed by atoms with Crippen LogP contribution in [0.3, 0.4) is 0 Å². The molecule has 2 unspecified atom stereocenters. The summed E-state index contributed by atoms with van der Waals surface area (Å²) < 4.78 is 5.30. The largest absolute Gasteiger partial charge is 0.381 e. The van der Waals surface area contributed by atoms with Crippen molar-refractivity contribution in [2.75, 3.05) is 19.0 Å². The Morgan fingerprint density at radius 3 is 2.74 bits per heavy atom. The van der Waals surface area contributed by atoms with Crippen molar-refractivity contribution in [3.05, 3.63) is 29.3 Å². The van der Waals surface area contributed by atoms with E-state index in [1.54, 1.807) is 31.4 Å². The van der Waals surface area contributed by atoms with E-state index in [9.17, 15) is 4.79 Å². The number of carbonyl (C=O) groups excluding carboxylic acids is 1. The Bertz CT molecular complexity index is 422. The maximum absolute atomic E-state index is 11.8. The van der Waals surface area contributed by atoms with Crippen molar-refractivity contribution in [1.29, 1.82) is 0 Å². The molecule has 19 heavy (non-hydrogen) atoms. The first kappa shape index (κ1) is 14.3. The second-order valence-electron chi connectivity index (χ2n) is 4.80. The van der Waals surface area contributed by atoms with Crippen LogP contribution in [0.25, 0.3) is 0 Å². The van der Waals surface area contributed by atoms with Gasteiger partial charge < -0.3 is 15.4 Å². The maximum Gasteiger partial charge on any atom is 0.238 e. The Labute approximate surface area is 118 Å². The number of rotatable bonds is 5. The highest BCUT2D eigenvalue weighted by Gasteiger charge is 2.24. The third-order valence-corrected chi connectivity index (χ3v) is 3.65. The SMILES string of the molecule is COC1CCC(NCC(=O)Nc2ccc(Cl)cc2)C1. The minimum atomic E-state index is -0.0387. The van der Waals surface area contributed by atoms with E-state index in [2.05, 4.69) is 10.6 Å². The number of amides is 1. The highest BCUT2D eigenvalue weighted by Crippen LogP contribution is 2.21. The lowest BCUT2D eigenvalue weighted by atomic mass is 10.2. The van der Waals surface area contributed by atoms with Gasteiger partial charge in [0.05, 0.1) is 12.6 Å². The lowest BCUT2D eigenvalue weighted by Gasteiger charge is -2.12. The van der Waals surface area contributed by atoms with Gasteiger partial charge in [0.2, 0.25) is 5.91 Å². The number of benzene rings is 1. The minimum Gasteiger partial charge on any atom is -0.381 e. The molecular weight excluding hydrogens is 264 g/mol. The van der Waals surface area contributed by atoms with E-state index in [4.69, 9.17) is 16.3 Å². The lowest BCUT2D eigenvalue weighted by Crippen LogP contribution is -2.35. The molecule has 1 aliphatic rings. The molecule has 1 amide bonds. The lowest BCUT2D eigenvalue weighted by molar-refractivity contribution is -0.115. The van der Waals surface area contributed by atoms with Gasteiger partial charge in [-0.1, -0.05) is 11.6 Å². The van der Waals surface area contributed by atoms with Crippen LogP contribution in [0.15, 0.2) is 24.3 Å². The molecule has 0 spiro atoms. The van der Waals surface area contributed by atoms with Crippen LogP contribution in [-0.4, -0.2) is 31.7 Å². The molecule has 0 saturated heterocycles. The molecule has 1 fully saturated rings. The normalized spacial score (nSPS) is 22.4. The summed E-state index contributed by atoms with van der Waals surface area (Å²) in [6.45, 7) is 0.323. The Hall–Kier alpha value is -1.10. The summed E-state index contributed by atoms with van der Waals surface area (Å²) in [7, 11) is 1.74. The van der Waals surface area contributed by atoms with Crippen LogP contribution in [-0.2, 0) is 9.53 Å². The van der Waals surface area contributed by atoms with Gasteiger partial charge in [0, 0.05) is 23.9 Å². The van der Waals surface area contributed by atoms with Crippen LogP contribution >= 0.6 is 11.6 Å². The third kappa shape index (κ3) is 4.49. The number of methoxy groups -OCH3 is 1. The summed E-state index contributed by atoms with van der Waals surface area (Å²) in [5, 5.41) is 6.75. The summed E-state index contributed by atoms with van der Waals surface area (Å²) in [4.78, 5) is 11.8. The van der Waals surface area contributed by atoms with Crippen molar-refractivity contribution in [1.82, 2.24) is 5.32 Å². The summed E-state index contributed by atoms with van der Waals surface area (Å²) in [6.07, 6.45) is 3.43. The highest BCUT2D eigenvalue weighted by atomic mass is 35.5.